The molecule has 0 N–H and O–H groups in total. The maximum absolute atomic E-state index is 12.1. The summed E-state index contributed by atoms with van der Waals surface area (Å²) in [6, 6.07) is 19.0. The van der Waals surface area contributed by atoms with Gasteiger partial charge in [-0.25, -0.2) is 9.48 Å². The lowest BCUT2D eigenvalue weighted by molar-refractivity contribution is 0.0519. The van der Waals surface area contributed by atoms with Crippen molar-refractivity contribution in [2.24, 2.45) is 0 Å². The molecule has 0 aliphatic heterocycles. The standard InChI is InChI=1S/C19H18N2O3/c1-3-24-19(22)17-13-18(14-9-11-16(23-2)12-10-14)21(20-17)15-7-5-4-6-8-15/h4-13H,3H2,1-2H3. The molecule has 0 saturated carbocycles. The molecule has 1 heterocycles. The van der Waals surface area contributed by atoms with Crippen molar-refractivity contribution in [1.29, 1.82) is 0 Å². The summed E-state index contributed by atoms with van der Waals surface area (Å²) in [7, 11) is 1.63. The summed E-state index contributed by atoms with van der Waals surface area (Å²) in [5.41, 5.74) is 2.90. The Morgan fingerprint density at radius 2 is 1.79 bits per heavy atom. The topological polar surface area (TPSA) is 53.4 Å². The predicted octanol–water partition coefficient (Wildman–Crippen LogP) is 3.72. The zero-order valence-corrected chi connectivity index (χ0v) is 13.6. The van der Waals surface area contributed by atoms with Gasteiger partial charge in [-0.2, -0.15) is 5.10 Å². The average Bonchev–Trinajstić information content (AvgIpc) is 3.08. The third-order valence-corrected chi connectivity index (χ3v) is 3.58. The Morgan fingerprint density at radius 1 is 1.08 bits per heavy atom. The van der Waals surface area contributed by atoms with E-state index in [4.69, 9.17) is 9.47 Å². The van der Waals surface area contributed by atoms with Gasteiger partial charge in [0.1, 0.15) is 5.75 Å². The van der Waals surface area contributed by atoms with Crippen molar-refractivity contribution >= 4 is 5.97 Å². The van der Waals surface area contributed by atoms with Crippen LogP contribution in [0.4, 0.5) is 0 Å². The highest BCUT2D eigenvalue weighted by atomic mass is 16.5. The molecule has 0 radical (unpaired) electrons. The van der Waals surface area contributed by atoms with Gasteiger partial charge in [-0.05, 0) is 49.4 Å². The summed E-state index contributed by atoms with van der Waals surface area (Å²) in [5, 5.41) is 4.43. The molecule has 0 aliphatic rings. The summed E-state index contributed by atoms with van der Waals surface area (Å²) < 4.78 is 12.0. The maximum Gasteiger partial charge on any atom is 0.358 e. The molecule has 0 amide bonds. The highest BCUT2D eigenvalue weighted by Gasteiger charge is 2.17. The third kappa shape index (κ3) is 3.15. The van der Waals surface area contributed by atoms with Crippen LogP contribution in [0.5, 0.6) is 5.75 Å². The second-order valence-electron chi connectivity index (χ2n) is 5.11. The van der Waals surface area contributed by atoms with Gasteiger partial charge >= 0.3 is 5.97 Å². The van der Waals surface area contributed by atoms with E-state index >= 15 is 0 Å². The number of carbonyl (C=O) groups excluding carboxylic acids is 1. The minimum atomic E-state index is -0.429. The Hall–Kier alpha value is -3.08. The fraction of sp³-hybridized carbons (Fsp3) is 0.158. The molecule has 2 aromatic carbocycles. The number of carbonyl (C=O) groups is 1. The summed E-state index contributed by atoms with van der Waals surface area (Å²) in [6.07, 6.45) is 0. The Bertz CT molecular complexity index is 824. The molecule has 3 rings (SSSR count). The van der Waals surface area contributed by atoms with Crippen LogP contribution in [0.2, 0.25) is 0 Å². The van der Waals surface area contributed by atoms with Crippen molar-refractivity contribution in [3.63, 3.8) is 0 Å². The van der Waals surface area contributed by atoms with Gasteiger partial charge in [-0.15, -0.1) is 0 Å². The van der Waals surface area contributed by atoms with E-state index in [0.717, 1.165) is 22.7 Å². The monoisotopic (exact) mass is 322 g/mol. The van der Waals surface area contributed by atoms with Gasteiger partial charge in [-0.3, -0.25) is 0 Å². The Balaban J connectivity index is 2.09. The van der Waals surface area contributed by atoms with E-state index in [2.05, 4.69) is 5.10 Å². The van der Waals surface area contributed by atoms with Crippen LogP contribution >= 0.6 is 0 Å². The number of ether oxygens (including phenoxy) is 2. The molecule has 0 atom stereocenters. The Kier molecular flexibility index (Phi) is 4.61. The van der Waals surface area contributed by atoms with Crippen LogP contribution in [0.15, 0.2) is 60.7 Å². The molecule has 0 unspecified atom stereocenters. The van der Waals surface area contributed by atoms with E-state index in [1.807, 2.05) is 54.6 Å². The Morgan fingerprint density at radius 3 is 2.42 bits per heavy atom. The van der Waals surface area contributed by atoms with Crippen LogP contribution < -0.4 is 4.74 Å². The van der Waals surface area contributed by atoms with Crippen LogP contribution in [-0.4, -0.2) is 29.5 Å². The molecule has 0 bridgehead atoms. The third-order valence-electron chi connectivity index (χ3n) is 3.58. The second kappa shape index (κ2) is 7.00. The number of nitrogens with zero attached hydrogens (tertiary/aromatic N) is 2. The number of hydrogen-bond donors (Lipinski definition) is 0. The molecule has 5 heteroatoms. The van der Waals surface area contributed by atoms with Gasteiger partial charge in [-0.1, -0.05) is 18.2 Å². The molecular formula is C19H18N2O3. The van der Waals surface area contributed by atoms with E-state index in [1.165, 1.54) is 0 Å². The molecule has 5 nitrogen and oxygen atoms in total. The lowest BCUT2D eigenvalue weighted by atomic mass is 10.1. The van der Waals surface area contributed by atoms with Crippen LogP contribution in [0.3, 0.4) is 0 Å². The molecule has 0 aliphatic carbocycles. The SMILES string of the molecule is CCOC(=O)c1cc(-c2ccc(OC)cc2)n(-c2ccccc2)n1. The number of methoxy groups -OCH3 is 1. The van der Waals surface area contributed by atoms with E-state index in [0.29, 0.717) is 6.61 Å². The largest absolute Gasteiger partial charge is 0.497 e. The summed E-state index contributed by atoms with van der Waals surface area (Å²) in [4.78, 5) is 12.1. The van der Waals surface area contributed by atoms with Crippen molar-refractivity contribution in [2.75, 3.05) is 13.7 Å². The first kappa shape index (κ1) is 15.8. The average molecular weight is 322 g/mol. The molecule has 0 spiro atoms. The smallest absolute Gasteiger partial charge is 0.358 e. The predicted molar refractivity (Wildman–Crippen MR) is 91.5 cm³/mol. The molecule has 3 aromatic rings. The van der Waals surface area contributed by atoms with Gasteiger partial charge in [0.15, 0.2) is 5.69 Å². The normalized spacial score (nSPS) is 10.4. The van der Waals surface area contributed by atoms with E-state index in [-0.39, 0.29) is 5.69 Å². The first-order valence-corrected chi connectivity index (χ1v) is 7.70. The van der Waals surface area contributed by atoms with Gasteiger partial charge in [0.25, 0.3) is 0 Å². The van der Waals surface area contributed by atoms with Crippen LogP contribution in [0, 0.1) is 0 Å². The van der Waals surface area contributed by atoms with Crippen LogP contribution in [0.25, 0.3) is 16.9 Å². The van der Waals surface area contributed by atoms with Gasteiger partial charge < -0.3 is 9.47 Å². The molecule has 1 aromatic heterocycles. The highest BCUT2D eigenvalue weighted by molar-refractivity contribution is 5.89. The molecule has 122 valence electrons. The number of para-hydroxylation sites is 1. The zero-order chi connectivity index (χ0) is 16.9. The van der Waals surface area contributed by atoms with Gasteiger partial charge in [0.2, 0.25) is 0 Å². The zero-order valence-electron chi connectivity index (χ0n) is 13.6. The second-order valence-corrected chi connectivity index (χ2v) is 5.11. The van der Waals surface area contributed by atoms with Gasteiger partial charge in [0, 0.05) is 5.56 Å². The van der Waals surface area contributed by atoms with Crippen LogP contribution in [-0.2, 0) is 4.74 Å². The first-order valence-electron chi connectivity index (χ1n) is 7.70. The number of aromatic nitrogens is 2. The number of benzene rings is 2. The van der Waals surface area contributed by atoms with Crippen molar-refractivity contribution in [1.82, 2.24) is 9.78 Å². The van der Waals surface area contributed by atoms with Crippen molar-refractivity contribution in [2.45, 2.75) is 6.92 Å². The minimum absolute atomic E-state index is 0.284. The summed E-state index contributed by atoms with van der Waals surface area (Å²) in [6.45, 7) is 2.09. The molecular weight excluding hydrogens is 304 g/mol. The summed E-state index contributed by atoms with van der Waals surface area (Å²) in [5.74, 6) is 0.345. The number of hydrogen-bond acceptors (Lipinski definition) is 4. The molecule has 0 fully saturated rings. The lowest BCUT2D eigenvalue weighted by Crippen LogP contribution is -2.06. The van der Waals surface area contributed by atoms with E-state index < -0.39 is 5.97 Å². The maximum atomic E-state index is 12.1. The molecule has 0 saturated heterocycles. The van der Waals surface area contributed by atoms with E-state index in [9.17, 15) is 4.79 Å². The molecule has 24 heavy (non-hydrogen) atoms. The number of rotatable bonds is 5. The van der Waals surface area contributed by atoms with Crippen molar-refractivity contribution in [3.8, 4) is 22.7 Å². The van der Waals surface area contributed by atoms with Crippen LogP contribution in [0.1, 0.15) is 17.4 Å². The summed E-state index contributed by atoms with van der Waals surface area (Å²) >= 11 is 0. The fourth-order valence-corrected chi connectivity index (χ4v) is 2.42. The minimum Gasteiger partial charge on any atom is -0.497 e. The van der Waals surface area contributed by atoms with E-state index in [1.54, 1.807) is 24.8 Å². The fourth-order valence-electron chi connectivity index (χ4n) is 2.42. The Labute approximate surface area is 140 Å². The first-order chi connectivity index (χ1) is 11.7. The lowest BCUT2D eigenvalue weighted by Gasteiger charge is -2.08. The van der Waals surface area contributed by atoms with Crippen molar-refractivity contribution < 1.29 is 14.3 Å². The quantitative estimate of drug-likeness (QED) is 0.672. The van der Waals surface area contributed by atoms with Crippen molar-refractivity contribution in [3.05, 3.63) is 66.4 Å². The van der Waals surface area contributed by atoms with Gasteiger partial charge in [0.05, 0.1) is 25.1 Å². The highest BCUT2D eigenvalue weighted by Crippen LogP contribution is 2.26. The number of esters is 1.